The predicted molar refractivity (Wildman–Crippen MR) is 124 cm³/mol. The van der Waals surface area contributed by atoms with Crippen LogP contribution < -0.4 is 9.47 Å². The van der Waals surface area contributed by atoms with Crippen molar-refractivity contribution in [3.63, 3.8) is 0 Å². The molecule has 0 fully saturated rings. The number of ether oxygens (including phenoxy) is 2. The summed E-state index contributed by atoms with van der Waals surface area (Å²) < 4.78 is 11.2. The fourth-order valence-electron chi connectivity index (χ4n) is 4.51. The Bertz CT molecular complexity index is 1200. The van der Waals surface area contributed by atoms with Crippen LogP contribution in [0.1, 0.15) is 24.0 Å². The molecule has 1 aliphatic rings. The lowest BCUT2D eigenvalue weighted by Gasteiger charge is -2.30. The molecule has 0 saturated heterocycles. The smallest absolute Gasteiger partial charge is 0.312 e. The number of nitrogens with zero attached hydrogens (tertiary/aromatic N) is 1. The maximum Gasteiger partial charge on any atom is 0.312 e. The van der Waals surface area contributed by atoms with E-state index in [-0.39, 0.29) is 12.8 Å². The minimum atomic E-state index is -0.947. The number of rotatable bonds is 6. The Morgan fingerprint density at radius 2 is 1.15 bits per heavy atom. The molecule has 1 aromatic heterocycles. The molecule has 3 aromatic carbocycles. The van der Waals surface area contributed by atoms with Gasteiger partial charge in [0.1, 0.15) is 11.5 Å². The van der Waals surface area contributed by atoms with Gasteiger partial charge < -0.3 is 9.47 Å². The first-order valence-corrected chi connectivity index (χ1v) is 10.7. The van der Waals surface area contributed by atoms with Crippen molar-refractivity contribution in [2.24, 2.45) is 0 Å². The van der Waals surface area contributed by atoms with Crippen LogP contribution in [0.4, 0.5) is 0 Å². The van der Waals surface area contributed by atoms with E-state index in [1.54, 1.807) is 54.7 Å². The van der Waals surface area contributed by atoms with Crippen molar-refractivity contribution < 1.29 is 19.1 Å². The summed E-state index contributed by atoms with van der Waals surface area (Å²) in [6, 6.07) is 29.3. The molecule has 1 aliphatic carbocycles. The summed E-state index contributed by atoms with van der Waals surface area (Å²) in [5.74, 6) is 0.0600. The minimum absolute atomic E-state index is 0.0263. The first kappa shape index (κ1) is 20.6. The zero-order valence-corrected chi connectivity index (χ0v) is 17.8. The van der Waals surface area contributed by atoms with Gasteiger partial charge in [0.25, 0.3) is 0 Å². The molecule has 0 spiro atoms. The van der Waals surface area contributed by atoms with Gasteiger partial charge in [-0.15, -0.1) is 0 Å². The van der Waals surface area contributed by atoms with Crippen LogP contribution in [0.5, 0.6) is 11.5 Å². The third-order valence-electron chi connectivity index (χ3n) is 5.86. The number of hydrogen-bond donors (Lipinski definition) is 0. The molecule has 4 aromatic rings. The van der Waals surface area contributed by atoms with Gasteiger partial charge in [0.05, 0.1) is 18.5 Å². The standard InChI is InChI=1S/C28H21NO4/c30-25(32-20-10-3-1-4-11-20)18-28(19-26(31)33-21-12-5-2-6-13-21)23-15-8-7-14-22(23)27-24(28)16-9-17-29-27/h1-17H,18-19H2. The first-order valence-electron chi connectivity index (χ1n) is 10.7. The summed E-state index contributed by atoms with van der Waals surface area (Å²) in [7, 11) is 0. The summed E-state index contributed by atoms with van der Waals surface area (Å²) in [6.07, 6.45) is 1.67. The van der Waals surface area contributed by atoms with Gasteiger partial charge in [-0.2, -0.15) is 0 Å². The fraction of sp³-hybridized carbons (Fsp3) is 0.107. The van der Waals surface area contributed by atoms with Gasteiger partial charge in [0.15, 0.2) is 0 Å². The van der Waals surface area contributed by atoms with Gasteiger partial charge in [-0.3, -0.25) is 14.6 Å². The van der Waals surface area contributed by atoms with E-state index in [0.29, 0.717) is 11.5 Å². The van der Waals surface area contributed by atoms with Gasteiger partial charge in [-0.05, 0) is 41.5 Å². The molecule has 162 valence electrons. The molecular formula is C28H21NO4. The van der Waals surface area contributed by atoms with Gasteiger partial charge in [-0.1, -0.05) is 66.7 Å². The van der Waals surface area contributed by atoms with Crippen LogP contribution in [-0.4, -0.2) is 16.9 Å². The zero-order valence-electron chi connectivity index (χ0n) is 17.8. The summed E-state index contributed by atoms with van der Waals surface area (Å²) in [6.45, 7) is 0. The number of aromatic nitrogens is 1. The lowest BCUT2D eigenvalue weighted by molar-refractivity contribution is -0.138. The Labute approximate surface area is 191 Å². The third-order valence-corrected chi connectivity index (χ3v) is 5.86. The van der Waals surface area contributed by atoms with E-state index in [1.165, 1.54) is 0 Å². The summed E-state index contributed by atoms with van der Waals surface area (Å²) in [4.78, 5) is 30.9. The van der Waals surface area contributed by atoms with Crippen LogP contribution in [0.15, 0.2) is 103 Å². The SMILES string of the molecule is O=C(CC1(CC(=O)Oc2ccccc2)c2ccccc2-c2ncccc21)Oc1ccccc1. The number of para-hydroxylation sites is 2. The topological polar surface area (TPSA) is 65.5 Å². The molecular weight excluding hydrogens is 414 g/mol. The quantitative estimate of drug-likeness (QED) is 0.302. The zero-order chi connectivity index (χ0) is 22.7. The first-order chi connectivity index (χ1) is 16.2. The number of pyridine rings is 1. The van der Waals surface area contributed by atoms with Crippen LogP contribution in [0, 0.1) is 0 Å². The van der Waals surface area contributed by atoms with Crippen LogP contribution in [0.2, 0.25) is 0 Å². The summed E-state index contributed by atoms with van der Waals surface area (Å²) >= 11 is 0. The fourth-order valence-corrected chi connectivity index (χ4v) is 4.51. The molecule has 0 amide bonds. The van der Waals surface area contributed by atoms with Gasteiger partial charge in [0.2, 0.25) is 0 Å². The normalized spacial score (nSPS) is 13.0. The summed E-state index contributed by atoms with van der Waals surface area (Å²) in [5.41, 5.74) is 2.42. The average molecular weight is 435 g/mol. The molecule has 5 rings (SSSR count). The Kier molecular flexibility index (Phi) is 5.45. The van der Waals surface area contributed by atoms with Crippen molar-refractivity contribution >= 4 is 11.9 Å². The van der Waals surface area contributed by atoms with E-state index in [9.17, 15) is 9.59 Å². The van der Waals surface area contributed by atoms with Crippen molar-refractivity contribution in [3.05, 3.63) is 114 Å². The van der Waals surface area contributed by atoms with Gasteiger partial charge in [-0.25, -0.2) is 0 Å². The number of carbonyl (C=O) groups is 2. The maximum absolute atomic E-state index is 13.1. The molecule has 5 nitrogen and oxygen atoms in total. The molecule has 33 heavy (non-hydrogen) atoms. The maximum atomic E-state index is 13.1. The molecule has 0 radical (unpaired) electrons. The Balaban J connectivity index is 1.54. The highest BCUT2D eigenvalue weighted by atomic mass is 16.5. The Morgan fingerprint density at radius 3 is 1.76 bits per heavy atom. The lowest BCUT2D eigenvalue weighted by Crippen LogP contribution is -2.34. The second-order valence-corrected chi connectivity index (χ2v) is 7.96. The molecule has 0 unspecified atom stereocenters. The van der Waals surface area contributed by atoms with E-state index in [2.05, 4.69) is 4.98 Å². The monoisotopic (exact) mass is 435 g/mol. The van der Waals surface area contributed by atoms with Crippen molar-refractivity contribution in [1.29, 1.82) is 0 Å². The molecule has 5 heteroatoms. The van der Waals surface area contributed by atoms with Crippen molar-refractivity contribution in [2.45, 2.75) is 18.3 Å². The van der Waals surface area contributed by atoms with E-state index < -0.39 is 17.4 Å². The van der Waals surface area contributed by atoms with E-state index in [1.807, 2.05) is 48.5 Å². The molecule has 1 heterocycles. The largest absolute Gasteiger partial charge is 0.426 e. The predicted octanol–water partition coefficient (Wildman–Crippen LogP) is 5.34. The lowest BCUT2D eigenvalue weighted by atomic mass is 9.73. The second-order valence-electron chi connectivity index (χ2n) is 7.96. The summed E-state index contributed by atoms with van der Waals surface area (Å²) in [5, 5.41) is 0. The van der Waals surface area contributed by atoms with Crippen LogP contribution in [-0.2, 0) is 15.0 Å². The van der Waals surface area contributed by atoms with Crippen molar-refractivity contribution in [3.8, 4) is 22.8 Å². The molecule has 0 bridgehead atoms. The molecule has 0 saturated carbocycles. The van der Waals surface area contributed by atoms with Crippen LogP contribution in [0.3, 0.4) is 0 Å². The molecule has 0 N–H and O–H groups in total. The highest BCUT2D eigenvalue weighted by Crippen LogP contribution is 2.52. The highest BCUT2D eigenvalue weighted by Gasteiger charge is 2.47. The van der Waals surface area contributed by atoms with Crippen LogP contribution >= 0.6 is 0 Å². The number of fused-ring (bicyclic) bond motifs is 3. The van der Waals surface area contributed by atoms with Crippen molar-refractivity contribution in [2.75, 3.05) is 0 Å². The third kappa shape index (κ3) is 4.01. The van der Waals surface area contributed by atoms with E-state index >= 15 is 0 Å². The van der Waals surface area contributed by atoms with Gasteiger partial charge >= 0.3 is 11.9 Å². The number of hydrogen-bond acceptors (Lipinski definition) is 5. The van der Waals surface area contributed by atoms with Crippen molar-refractivity contribution in [1.82, 2.24) is 4.98 Å². The number of carbonyl (C=O) groups excluding carboxylic acids is 2. The molecule has 0 atom stereocenters. The van der Waals surface area contributed by atoms with E-state index in [0.717, 1.165) is 22.4 Å². The average Bonchev–Trinajstić information content (AvgIpc) is 3.10. The highest BCUT2D eigenvalue weighted by molar-refractivity contribution is 5.87. The Hall–Kier alpha value is -4.25. The number of esters is 2. The number of benzene rings is 3. The van der Waals surface area contributed by atoms with E-state index in [4.69, 9.17) is 9.47 Å². The van der Waals surface area contributed by atoms with Gasteiger partial charge in [0, 0.05) is 17.2 Å². The second kappa shape index (κ2) is 8.71. The minimum Gasteiger partial charge on any atom is -0.426 e. The molecule has 0 aliphatic heterocycles. The Morgan fingerprint density at radius 1 is 0.636 bits per heavy atom. The van der Waals surface area contributed by atoms with Crippen LogP contribution in [0.25, 0.3) is 11.3 Å².